The molecule has 2 atom stereocenters. The van der Waals surface area contributed by atoms with Gasteiger partial charge in [-0.1, -0.05) is 6.92 Å². The Labute approximate surface area is 118 Å². The van der Waals surface area contributed by atoms with Gasteiger partial charge in [0.2, 0.25) is 0 Å². The fraction of sp³-hybridized carbons (Fsp3) is 1.00. The van der Waals surface area contributed by atoms with E-state index in [1.807, 2.05) is 0 Å². The van der Waals surface area contributed by atoms with Crippen LogP contribution in [0.2, 0.25) is 0 Å². The maximum atomic E-state index is 6.07. The minimum Gasteiger partial charge on any atom is -0.381 e. The van der Waals surface area contributed by atoms with Crippen molar-refractivity contribution in [3.05, 3.63) is 0 Å². The smallest absolute Gasteiger partial charge is 0.0756 e. The molecule has 0 amide bonds. The van der Waals surface area contributed by atoms with E-state index in [0.29, 0.717) is 12.1 Å². The Kier molecular flexibility index (Phi) is 6.62. The van der Waals surface area contributed by atoms with E-state index in [2.05, 4.69) is 19.2 Å². The summed E-state index contributed by atoms with van der Waals surface area (Å²) in [6.07, 6.45) is 8.10. The van der Waals surface area contributed by atoms with Crippen LogP contribution >= 0.6 is 0 Å². The lowest BCUT2D eigenvalue weighted by atomic mass is 9.89. The Bertz CT molecular complexity index is 237. The summed E-state index contributed by atoms with van der Waals surface area (Å²) in [7, 11) is 0. The maximum absolute atomic E-state index is 6.07. The van der Waals surface area contributed by atoms with E-state index in [0.717, 1.165) is 38.2 Å². The number of nitrogens with one attached hydrogen (secondary N) is 1. The predicted molar refractivity (Wildman–Crippen MR) is 78.4 cm³/mol. The van der Waals surface area contributed by atoms with Gasteiger partial charge >= 0.3 is 0 Å². The van der Waals surface area contributed by atoms with Gasteiger partial charge in [0.05, 0.1) is 6.10 Å². The first-order valence-corrected chi connectivity index (χ1v) is 8.27. The summed E-state index contributed by atoms with van der Waals surface area (Å²) in [6, 6.07) is 0.551. The largest absolute Gasteiger partial charge is 0.381 e. The third-order valence-electron chi connectivity index (χ3n) is 4.43. The van der Waals surface area contributed by atoms with Crippen molar-refractivity contribution in [2.24, 2.45) is 11.8 Å². The highest BCUT2D eigenvalue weighted by atomic mass is 16.5. The molecular formula is C16H31NO2. The summed E-state index contributed by atoms with van der Waals surface area (Å²) >= 11 is 0. The summed E-state index contributed by atoms with van der Waals surface area (Å²) in [6.45, 7) is 8.23. The minimum absolute atomic E-state index is 0.444. The van der Waals surface area contributed by atoms with Gasteiger partial charge in [-0.15, -0.1) is 0 Å². The highest BCUT2D eigenvalue weighted by Crippen LogP contribution is 2.37. The van der Waals surface area contributed by atoms with Crippen LogP contribution in [-0.4, -0.2) is 38.5 Å². The van der Waals surface area contributed by atoms with Crippen LogP contribution in [0.4, 0.5) is 0 Å². The summed E-state index contributed by atoms with van der Waals surface area (Å²) in [4.78, 5) is 0. The normalized spacial score (nSPS) is 24.3. The predicted octanol–water partition coefficient (Wildman–Crippen LogP) is 2.99. The molecule has 0 aromatic rings. The number of rotatable bonds is 9. The first-order chi connectivity index (χ1) is 9.35. The van der Waals surface area contributed by atoms with Gasteiger partial charge in [0.25, 0.3) is 0 Å². The number of hydrogen-bond donors (Lipinski definition) is 1. The molecule has 2 fully saturated rings. The zero-order chi connectivity index (χ0) is 13.5. The fourth-order valence-electron chi connectivity index (χ4n) is 3.20. The zero-order valence-corrected chi connectivity index (χ0v) is 12.7. The maximum Gasteiger partial charge on any atom is 0.0756 e. The lowest BCUT2D eigenvalue weighted by Gasteiger charge is -2.32. The van der Waals surface area contributed by atoms with Crippen LogP contribution in [-0.2, 0) is 9.47 Å². The average Bonchev–Trinajstić information content (AvgIpc) is 3.27. The molecule has 112 valence electrons. The monoisotopic (exact) mass is 269 g/mol. The van der Waals surface area contributed by atoms with Crippen molar-refractivity contribution < 1.29 is 9.47 Å². The Morgan fingerprint density at radius 3 is 2.47 bits per heavy atom. The molecule has 3 heteroatoms. The molecule has 1 saturated heterocycles. The molecule has 1 N–H and O–H groups in total. The standard InChI is InChI=1S/C16H31NO2/c1-3-9-17-15(12-13-7-10-18-11-8-13)16(19-4-2)14-5-6-14/h13-17H,3-12H2,1-2H3. The van der Waals surface area contributed by atoms with Crippen molar-refractivity contribution in [3.63, 3.8) is 0 Å². The fourth-order valence-corrected chi connectivity index (χ4v) is 3.20. The molecule has 0 aromatic heterocycles. The van der Waals surface area contributed by atoms with Gasteiger partial charge in [0.15, 0.2) is 0 Å². The van der Waals surface area contributed by atoms with Gasteiger partial charge in [-0.2, -0.15) is 0 Å². The van der Waals surface area contributed by atoms with Gasteiger partial charge in [-0.3, -0.25) is 0 Å². The lowest BCUT2D eigenvalue weighted by Crippen LogP contribution is -2.44. The molecule has 0 radical (unpaired) electrons. The second kappa shape index (κ2) is 8.23. The van der Waals surface area contributed by atoms with Gasteiger partial charge in [-0.25, -0.2) is 0 Å². The van der Waals surface area contributed by atoms with E-state index in [-0.39, 0.29) is 0 Å². The van der Waals surface area contributed by atoms with Crippen molar-refractivity contribution in [2.45, 2.75) is 64.5 Å². The first kappa shape index (κ1) is 15.3. The van der Waals surface area contributed by atoms with Crippen LogP contribution in [0.3, 0.4) is 0 Å². The van der Waals surface area contributed by atoms with Crippen LogP contribution in [0, 0.1) is 11.8 Å². The third-order valence-corrected chi connectivity index (χ3v) is 4.43. The molecule has 2 rings (SSSR count). The highest BCUT2D eigenvalue weighted by Gasteiger charge is 2.37. The molecule has 1 saturated carbocycles. The van der Waals surface area contributed by atoms with E-state index in [1.54, 1.807) is 0 Å². The number of ether oxygens (including phenoxy) is 2. The Hall–Kier alpha value is -0.120. The summed E-state index contributed by atoms with van der Waals surface area (Å²) in [5.41, 5.74) is 0. The summed E-state index contributed by atoms with van der Waals surface area (Å²) < 4.78 is 11.6. The van der Waals surface area contributed by atoms with Crippen LogP contribution in [0.15, 0.2) is 0 Å². The molecule has 19 heavy (non-hydrogen) atoms. The van der Waals surface area contributed by atoms with E-state index < -0.39 is 0 Å². The van der Waals surface area contributed by atoms with Crippen molar-refractivity contribution in [3.8, 4) is 0 Å². The van der Waals surface area contributed by atoms with Gasteiger partial charge in [0, 0.05) is 25.9 Å². The summed E-state index contributed by atoms with van der Waals surface area (Å²) in [5.74, 6) is 1.64. The van der Waals surface area contributed by atoms with Crippen LogP contribution in [0.1, 0.15) is 52.4 Å². The van der Waals surface area contributed by atoms with Crippen LogP contribution < -0.4 is 5.32 Å². The van der Waals surface area contributed by atoms with Crippen molar-refractivity contribution in [1.29, 1.82) is 0 Å². The van der Waals surface area contributed by atoms with Crippen molar-refractivity contribution in [1.82, 2.24) is 5.32 Å². The van der Waals surface area contributed by atoms with Crippen molar-refractivity contribution in [2.75, 3.05) is 26.4 Å². The quantitative estimate of drug-likeness (QED) is 0.698. The van der Waals surface area contributed by atoms with Crippen molar-refractivity contribution >= 4 is 0 Å². The van der Waals surface area contributed by atoms with E-state index in [4.69, 9.17) is 9.47 Å². The second-order valence-corrected chi connectivity index (χ2v) is 6.11. The van der Waals surface area contributed by atoms with Crippen LogP contribution in [0.25, 0.3) is 0 Å². The SMILES string of the molecule is CCCNC(CC1CCOCC1)C(OCC)C1CC1. The Balaban J connectivity index is 1.88. The molecular weight excluding hydrogens is 238 g/mol. The minimum atomic E-state index is 0.444. The highest BCUT2D eigenvalue weighted by molar-refractivity contribution is 4.91. The molecule has 0 bridgehead atoms. The zero-order valence-electron chi connectivity index (χ0n) is 12.7. The van der Waals surface area contributed by atoms with E-state index in [1.165, 1.54) is 38.5 Å². The molecule has 1 aliphatic heterocycles. The second-order valence-electron chi connectivity index (χ2n) is 6.11. The molecule has 2 aliphatic rings. The molecule has 2 unspecified atom stereocenters. The lowest BCUT2D eigenvalue weighted by molar-refractivity contribution is 0.00244. The molecule has 0 aromatic carbocycles. The topological polar surface area (TPSA) is 30.5 Å². The number of hydrogen-bond acceptors (Lipinski definition) is 3. The van der Waals surface area contributed by atoms with E-state index >= 15 is 0 Å². The van der Waals surface area contributed by atoms with Gasteiger partial charge in [0.1, 0.15) is 0 Å². The molecule has 0 spiro atoms. The summed E-state index contributed by atoms with van der Waals surface area (Å²) in [5, 5.41) is 3.76. The third kappa shape index (κ3) is 5.05. The Morgan fingerprint density at radius 1 is 1.16 bits per heavy atom. The van der Waals surface area contributed by atoms with Gasteiger partial charge in [-0.05, 0) is 63.8 Å². The molecule has 3 nitrogen and oxygen atoms in total. The average molecular weight is 269 g/mol. The first-order valence-electron chi connectivity index (χ1n) is 8.27. The van der Waals surface area contributed by atoms with E-state index in [9.17, 15) is 0 Å². The van der Waals surface area contributed by atoms with Crippen LogP contribution in [0.5, 0.6) is 0 Å². The molecule has 1 heterocycles. The Morgan fingerprint density at radius 2 is 1.89 bits per heavy atom. The molecule has 1 aliphatic carbocycles. The van der Waals surface area contributed by atoms with Gasteiger partial charge < -0.3 is 14.8 Å².